The molecule has 0 aromatic heterocycles. The van der Waals surface area contributed by atoms with Crippen LogP contribution in [0, 0.1) is 5.92 Å². The number of Topliss-reactive ketones (excluding diaryl/α,β-unsaturated/α-hetero) is 1. The highest BCUT2D eigenvalue weighted by atomic mass is 16.5. The van der Waals surface area contributed by atoms with Gasteiger partial charge in [-0.05, 0) is 13.8 Å². The van der Waals surface area contributed by atoms with E-state index in [2.05, 4.69) is 4.74 Å². The molecule has 0 rings (SSSR count). The van der Waals surface area contributed by atoms with E-state index in [0.29, 0.717) is 6.42 Å². The Labute approximate surface area is 90.9 Å². The highest BCUT2D eigenvalue weighted by Crippen LogP contribution is 2.18. The van der Waals surface area contributed by atoms with E-state index in [-0.39, 0.29) is 24.1 Å². The van der Waals surface area contributed by atoms with Crippen LogP contribution >= 0.6 is 0 Å². The summed E-state index contributed by atoms with van der Waals surface area (Å²) >= 11 is 0. The zero-order chi connectivity index (χ0) is 12.1. The minimum absolute atomic E-state index is 0.0206. The summed E-state index contributed by atoms with van der Waals surface area (Å²) in [6.07, 6.45) is 0.441. The lowest BCUT2D eigenvalue weighted by molar-refractivity contribution is -0.144. The van der Waals surface area contributed by atoms with Gasteiger partial charge in [-0.3, -0.25) is 9.59 Å². The molecule has 0 N–H and O–H groups in total. The van der Waals surface area contributed by atoms with Crippen molar-refractivity contribution in [3.63, 3.8) is 0 Å². The van der Waals surface area contributed by atoms with Crippen molar-refractivity contribution < 1.29 is 19.1 Å². The summed E-state index contributed by atoms with van der Waals surface area (Å²) in [6, 6.07) is 0. The third kappa shape index (κ3) is 5.52. The Balaban J connectivity index is 4.16. The minimum atomic E-state index is -0.471. The molecule has 0 aliphatic carbocycles. The molecule has 0 fully saturated rings. The molecule has 0 aromatic carbocycles. The minimum Gasteiger partial charge on any atom is -0.469 e. The number of hydrogen-bond acceptors (Lipinski definition) is 4. The van der Waals surface area contributed by atoms with E-state index in [1.165, 1.54) is 7.11 Å². The van der Waals surface area contributed by atoms with Gasteiger partial charge in [-0.1, -0.05) is 6.92 Å². The van der Waals surface area contributed by atoms with Crippen LogP contribution in [-0.2, 0) is 19.1 Å². The molecule has 15 heavy (non-hydrogen) atoms. The van der Waals surface area contributed by atoms with E-state index in [0.717, 1.165) is 0 Å². The van der Waals surface area contributed by atoms with Gasteiger partial charge >= 0.3 is 5.97 Å². The maximum Gasteiger partial charge on any atom is 0.306 e. The van der Waals surface area contributed by atoms with Crippen LogP contribution in [0.3, 0.4) is 0 Å². The summed E-state index contributed by atoms with van der Waals surface area (Å²) in [7, 11) is 2.89. The normalized spacial score (nSPS) is 13.4. The van der Waals surface area contributed by atoms with Crippen molar-refractivity contribution in [1.82, 2.24) is 0 Å². The molecule has 0 saturated heterocycles. The molecule has 0 heterocycles. The summed E-state index contributed by atoms with van der Waals surface area (Å²) in [5.41, 5.74) is -0.471. The molecule has 0 aromatic rings. The lowest BCUT2D eigenvalue weighted by atomic mass is 9.92. The van der Waals surface area contributed by atoms with Gasteiger partial charge in [-0.15, -0.1) is 0 Å². The summed E-state index contributed by atoms with van der Waals surface area (Å²) in [6.45, 7) is 5.41. The first kappa shape index (κ1) is 14.1. The van der Waals surface area contributed by atoms with Crippen LogP contribution in [0.15, 0.2) is 0 Å². The van der Waals surface area contributed by atoms with E-state index >= 15 is 0 Å². The van der Waals surface area contributed by atoms with Gasteiger partial charge in [0.1, 0.15) is 5.78 Å². The second-order valence-corrected chi connectivity index (χ2v) is 4.29. The Hall–Kier alpha value is -0.900. The smallest absolute Gasteiger partial charge is 0.306 e. The lowest BCUT2D eigenvalue weighted by Gasteiger charge is -2.23. The van der Waals surface area contributed by atoms with Gasteiger partial charge in [0.15, 0.2) is 0 Å². The zero-order valence-electron chi connectivity index (χ0n) is 10.1. The van der Waals surface area contributed by atoms with Crippen molar-refractivity contribution in [2.24, 2.45) is 5.92 Å². The number of carbonyl (C=O) groups excluding carboxylic acids is 2. The van der Waals surface area contributed by atoms with Crippen molar-refractivity contribution in [2.45, 2.75) is 39.2 Å². The van der Waals surface area contributed by atoms with E-state index in [9.17, 15) is 9.59 Å². The second-order valence-electron chi connectivity index (χ2n) is 4.29. The average molecular weight is 216 g/mol. The number of esters is 1. The molecule has 4 heteroatoms. The molecule has 0 aliphatic heterocycles. The maximum atomic E-state index is 11.7. The van der Waals surface area contributed by atoms with Crippen molar-refractivity contribution in [3.05, 3.63) is 0 Å². The predicted octanol–water partition coefficient (Wildman–Crippen LogP) is 1.57. The van der Waals surface area contributed by atoms with Crippen LogP contribution in [-0.4, -0.2) is 31.6 Å². The molecule has 88 valence electrons. The fourth-order valence-corrected chi connectivity index (χ4v) is 1.11. The van der Waals surface area contributed by atoms with Gasteiger partial charge in [-0.2, -0.15) is 0 Å². The van der Waals surface area contributed by atoms with Crippen molar-refractivity contribution in [3.8, 4) is 0 Å². The number of methoxy groups -OCH3 is 2. The van der Waals surface area contributed by atoms with Gasteiger partial charge < -0.3 is 9.47 Å². The Morgan fingerprint density at radius 2 is 1.80 bits per heavy atom. The molecule has 1 atom stereocenters. The fourth-order valence-electron chi connectivity index (χ4n) is 1.11. The topological polar surface area (TPSA) is 52.6 Å². The van der Waals surface area contributed by atoms with Gasteiger partial charge in [0.25, 0.3) is 0 Å². The van der Waals surface area contributed by atoms with Crippen LogP contribution in [0.2, 0.25) is 0 Å². The van der Waals surface area contributed by atoms with E-state index in [1.54, 1.807) is 14.0 Å². The van der Waals surface area contributed by atoms with Crippen LogP contribution in [0.5, 0.6) is 0 Å². The lowest BCUT2D eigenvalue weighted by Crippen LogP contribution is -2.29. The van der Waals surface area contributed by atoms with Gasteiger partial charge in [0.05, 0.1) is 19.1 Å². The quantitative estimate of drug-likeness (QED) is 0.632. The average Bonchev–Trinajstić information content (AvgIpc) is 2.16. The van der Waals surface area contributed by atoms with Crippen LogP contribution in [0.4, 0.5) is 0 Å². The van der Waals surface area contributed by atoms with Crippen LogP contribution in [0.1, 0.15) is 33.6 Å². The fraction of sp³-hybridized carbons (Fsp3) is 0.818. The first-order chi connectivity index (χ1) is 6.82. The summed E-state index contributed by atoms with van der Waals surface area (Å²) in [5, 5.41) is 0. The number of ketones is 1. The molecule has 0 amide bonds. The van der Waals surface area contributed by atoms with E-state index < -0.39 is 5.60 Å². The first-order valence-electron chi connectivity index (χ1n) is 4.97. The van der Waals surface area contributed by atoms with Crippen LogP contribution < -0.4 is 0 Å². The number of hydrogen-bond donors (Lipinski definition) is 0. The summed E-state index contributed by atoms with van der Waals surface area (Å²) in [5.74, 6) is -0.648. The SMILES string of the molecule is COC(=O)CC(C)C(=O)CC(C)(C)OC. The molecule has 0 spiro atoms. The third-order valence-corrected chi connectivity index (χ3v) is 2.40. The van der Waals surface area contributed by atoms with E-state index in [4.69, 9.17) is 4.74 Å². The number of carbonyl (C=O) groups is 2. The molecule has 0 bridgehead atoms. The molecular formula is C11H20O4. The predicted molar refractivity (Wildman–Crippen MR) is 56.5 cm³/mol. The summed E-state index contributed by atoms with van der Waals surface area (Å²) < 4.78 is 9.66. The van der Waals surface area contributed by atoms with Crippen molar-refractivity contribution >= 4 is 11.8 Å². The number of rotatable bonds is 6. The molecular weight excluding hydrogens is 196 g/mol. The Kier molecular flexibility index (Phi) is 5.50. The third-order valence-electron chi connectivity index (χ3n) is 2.40. The zero-order valence-corrected chi connectivity index (χ0v) is 10.1. The molecule has 0 saturated carbocycles. The second kappa shape index (κ2) is 5.85. The van der Waals surface area contributed by atoms with Gasteiger partial charge in [-0.25, -0.2) is 0 Å². The Morgan fingerprint density at radius 1 is 1.27 bits per heavy atom. The Morgan fingerprint density at radius 3 is 2.20 bits per heavy atom. The monoisotopic (exact) mass is 216 g/mol. The number of ether oxygens (including phenoxy) is 2. The first-order valence-corrected chi connectivity index (χ1v) is 4.97. The largest absolute Gasteiger partial charge is 0.469 e. The van der Waals surface area contributed by atoms with Gasteiger partial charge in [0.2, 0.25) is 0 Å². The highest BCUT2D eigenvalue weighted by Gasteiger charge is 2.25. The van der Waals surface area contributed by atoms with Crippen molar-refractivity contribution in [2.75, 3.05) is 14.2 Å². The van der Waals surface area contributed by atoms with Crippen LogP contribution in [0.25, 0.3) is 0 Å². The van der Waals surface area contributed by atoms with E-state index in [1.807, 2.05) is 13.8 Å². The molecule has 1 unspecified atom stereocenters. The Bertz CT molecular complexity index is 233. The molecule has 0 aliphatic rings. The standard InChI is InChI=1S/C11H20O4/c1-8(6-10(13)14-4)9(12)7-11(2,3)15-5/h8H,6-7H2,1-5H3. The molecule has 4 nitrogen and oxygen atoms in total. The summed E-state index contributed by atoms with van der Waals surface area (Å²) in [4.78, 5) is 22.6. The molecule has 0 radical (unpaired) electrons. The highest BCUT2D eigenvalue weighted by molar-refractivity contribution is 5.85. The van der Waals surface area contributed by atoms with Gasteiger partial charge in [0, 0.05) is 19.4 Å². The maximum absolute atomic E-state index is 11.7. The van der Waals surface area contributed by atoms with Crippen molar-refractivity contribution in [1.29, 1.82) is 0 Å².